The van der Waals surface area contributed by atoms with Crippen molar-refractivity contribution in [2.24, 2.45) is 22.1 Å². The van der Waals surface area contributed by atoms with Crippen LogP contribution in [0.5, 0.6) is 0 Å². The maximum absolute atomic E-state index is 6.27. The molecule has 24 heavy (non-hydrogen) atoms. The highest BCUT2D eigenvalue weighted by atomic mass is 127. The van der Waals surface area contributed by atoms with Crippen molar-refractivity contribution in [3.05, 3.63) is 29.3 Å². The van der Waals surface area contributed by atoms with Crippen LogP contribution in [-0.4, -0.2) is 24.7 Å². The summed E-state index contributed by atoms with van der Waals surface area (Å²) >= 11 is 0. The summed E-state index contributed by atoms with van der Waals surface area (Å²) in [6.45, 7) is 9.67. The first-order chi connectivity index (χ1) is 11.0. The Morgan fingerprint density at radius 2 is 1.92 bits per heavy atom. The van der Waals surface area contributed by atoms with E-state index in [1.54, 1.807) is 0 Å². The molecular weight excluding hydrogens is 413 g/mol. The number of para-hydroxylation sites is 1. The van der Waals surface area contributed by atoms with E-state index in [4.69, 9.17) is 15.5 Å². The number of nitrogens with two attached hydrogens (primary N) is 1. The van der Waals surface area contributed by atoms with E-state index in [1.807, 2.05) is 0 Å². The average Bonchev–Trinajstić information content (AvgIpc) is 3.00. The van der Waals surface area contributed by atoms with Gasteiger partial charge in [-0.1, -0.05) is 45.9 Å². The largest absolute Gasteiger partial charge is 0.377 e. The Bertz CT molecular complexity index is 592. The molecule has 4 nitrogen and oxygen atoms in total. The van der Waals surface area contributed by atoms with Gasteiger partial charge in [-0.2, -0.15) is 0 Å². The highest BCUT2D eigenvalue weighted by Crippen LogP contribution is 2.53. The number of guanidine groups is 1. The van der Waals surface area contributed by atoms with E-state index in [-0.39, 0.29) is 35.4 Å². The first-order valence-corrected chi connectivity index (χ1v) is 8.81. The second-order valence-electron chi connectivity index (χ2n) is 7.31. The van der Waals surface area contributed by atoms with Gasteiger partial charge in [-0.3, -0.25) is 0 Å². The van der Waals surface area contributed by atoms with Crippen molar-refractivity contribution >= 4 is 35.6 Å². The van der Waals surface area contributed by atoms with Crippen molar-refractivity contribution in [2.75, 3.05) is 11.9 Å². The molecule has 0 aromatic heterocycles. The fourth-order valence-electron chi connectivity index (χ4n) is 4.27. The summed E-state index contributed by atoms with van der Waals surface area (Å²) in [7, 11) is 0. The molecule has 1 aromatic rings. The lowest BCUT2D eigenvalue weighted by Crippen LogP contribution is -2.59. The summed E-state index contributed by atoms with van der Waals surface area (Å²) in [5.41, 5.74) is 10.1. The van der Waals surface area contributed by atoms with Crippen LogP contribution in [0.1, 0.15) is 45.2 Å². The minimum absolute atomic E-state index is 0. The fraction of sp³-hybridized carbons (Fsp3) is 0.632. The van der Waals surface area contributed by atoms with Crippen LogP contribution in [0.15, 0.2) is 23.2 Å². The number of aryl methyl sites for hydroxylation is 2. The third-order valence-electron chi connectivity index (χ3n) is 5.57. The highest BCUT2D eigenvalue weighted by molar-refractivity contribution is 14.0. The monoisotopic (exact) mass is 443 g/mol. The molecule has 3 rings (SSSR count). The summed E-state index contributed by atoms with van der Waals surface area (Å²) < 4.78 is 5.84. The SMILES string of the molecule is CCc1cccc(CC)c1NC(N)=NC1C2CCOC2C1(C)C.I. The Morgan fingerprint density at radius 3 is 2.50 bits per heavy atom. The smallest absolute Gasteiger partial charge is 0.193 e. The number of halogens is 1. The Hall–Kier alpha value is -0.820. The molecule has 3 atom stereocenters. The molecule has 0 amide bonds. The van der Waals surface area contributed by atoms with Gasteiger partial charge in [0.15, 0.2) is 5.96 Å². The van der Waals surface area contributed by atoms with E-state index >= 15 is 0 Å². The van der Waals surface area contributed by atoms with Crippen LogP contribution in [-0.2, 0) is 17.6 Å². The predicted octanol–water partition coefficient (Wildman–Crippen LogP) is 3.97. The number of nitrogens with zero attached hydrogens (tertiary/aromatic N) is 1. The number of benzene rings is 1. The molecule has 2 aliphatic rings. The lowest BCUT2D eigenvalue weighted by Gasteiger charge is -2.52. The van der Waals surface area contributed by atoms with Gasteiger partial charge in [-0.15, -0.1) is 24.0 Å². The Labute approximate surface area is 162 Å². The maximum Gasteiger partial charge on any atom is 0.193 e. The lowest BCUT2D eigenvalue weighted by atomic mass is 9.57. The molecule has 1 aromatic carbocycles. The third kappa shape index (κ3) is 3.29. The second-order valence-corrected chi connectivity index (χ2v) is 7.31. The zero-order chi connectivity index (χ0) is 16.6. The van der Waals surface area contributed by atoms with Crippen molar-refractivity contribution < 1.29 is 4.74 Å². The number of hydrogen-bond acceptors (Lipinski definition) is 2. The number of hydrogen-bond donors (Lipinski definition) is 2. The van der Waals surface area contributed by atoms with Gasteiger partial charge < -0.3 is 15.8 Å². The van der Waals surface area contributed by atoms with Gasteiger partial charge in [0.2, 0.25) is 0 Å². The summed E-state index contributed by atoms with van der Waals surface area (Å²) in [5, 5.41) is 3.38. The molecule has 2 fully saturated rings. The van der Waals surface area contributed by atoms with E-state index in [0.29, 0.717) is 18.0 Å². The summed E-state index contributed by atoms with van der Waals surface area (Å²) in [6, 6.07) is 6.68. The van der Waals surface area contributed by atoms with Crippen molar-refractivity contribution in [3.8, 4) is 0 Å². The normalized spacial score (nSPS) is 27.8. The predicted molar refractivity (Wildman–Crippen MR) is 111 cm³/mol. The second kappa shape index (κ2) is 7.60. The third-order valence-corrected chi connectivity index (χ3v) is 5.57. The van der Waals surface area contributed by atoms with Crippen LogP contribution in [0.2, 0.25) is 0 Å². The number of rotatable bonds is 4. The molecule has 5 heteroatoms. The van der Waals surface area contributed by atoms with Crippen molar-refractivity contribution in [1.82, 2.24) is 0 Å². The molecule has 1 aliphatic heterocycles. The van der Waals surface area contributed by atoms with Crippen LogP contribution in [0, 0.1) is 11.3 Å². The van der Waals surface area contributed by atoms with Crippen molar-refractivity contribution in [2.45, 2.75) is 59.1 Å². The molecular formula is C19H30IN3O. The van der Waals surface area contributed by atoms with E-state index in [9.17, 15) is 0 Å². The quantitative estimate of drug-likeness (QED) is 0.421. The minimum Gasteiger partial charge on any atom is -0.377 e. The lowest BCUT2D eigenvalue weighted by molar-refractivity contribution is -0.0985. The molecule has 1 saturated carbocycles. The Balaban J connectivity index is 0.00000208. The molecule has 1 heterocycles. The number of nitrogens with one attached hydrogen (secondary N) is 1. The number of ether oxygens (including phenoxy) is 1. The number of fused-ring (bicyclic) bond motifs is 1. The molecule has 0 bridgehead atoms. The molecule has 3 unspecified atom stereocenters. The van der Waals surface area contributed by atoms with E-state index in [0.717, 1.165) is 31.6 Å². The van der Waals surface area contributed by atoms with Crippen LogP contribution >= 0.6 is 24.0 Å². The van der Waals surface area contributed by atoms with Crippen molar-refractivity contribution in [1.29, 1.82) is 0 Å². The molecule has 0 radical (unpaired) electrons. The van der Waals surface area contributed by atoms with Crippen LogP contribution < -0.4 is 11.1 Å². The van der Waals surface area contributed by atoms with Gasteiger partial charge >= 0.3 is 0 Å². The zero-order valence-corrected chi connectivity index (χ0v) is 17.5. The van der Waals surface area contributed by atoms with Crippen molar-refractivity contribution in [3.63, 3.8) is 0 Å². The van der Waals surface area contributed by atoms with E-state index in [2.05, 4.69) is 51.2 Å². The molecule has 134 valence electrons. The molecule has 0 spiro atoms. The summed E-state index contributed by atoms with van der Waals surface area (Å²) in [4.78, 5) is 4.83. The summed E-state index contributed by atoms with van der Waals surface area (Å²) in [5.74, 6) is 1.06. The first kappa shape index (κ1) is 19.5. The van der Waals surface area contributed by atoms with Crippen LogP contribution in [0.4, 0.5) is 5.69 Å². The molecule has 3 N–H and O–H groups in total. The van der Waals surface area contributed by atoms with Gasteiger partial charge in [0.25, 0.3) is 0 Å². The number of anilines is 1. The topological polar surface area (TPSA) is 59.6 Å². The maximum atomic E-state index is 6.27. The highest BCUT2D eigenvalue weighted by Gasteiger charge is 2.59. The first-order valence-electron chi connectivity index (χ1n) is 8.81. The van der Waals surface area contributed by atoms with Gasteiger partial charge in [0.05, 0.1) is 12.1 Å². The average molecular weight is 443 g/mol. The fourth-order valence-corrected chi connectivity index (χ4v) is 4.27. The van der Waals surface area contributed by atoms with Crippen LogP contribution in [0.3, 0.4) is 0 Å². The van der Waals surface area contributed by atoms with Gasteiger partial charge in [-0.25, -0.2) is 4.99 Å². The minimum atomic E-state index is 0. The van der Waals surface area contributed by atoms with E-state index < -0.39 is 0 Å². The number of aliphatic imine (C=N–C) groups is 1. The van der Waals surface area contributed by atoms with Gasteiger partial charge in [0, 0.05) is 23.6 Å². The Kier molecular flexibility index (Phi) is 6.18. The van der Waals surface area contributed by atoms with Crippen LogP contribution in [0.25, 0.3) is 0 Å². The standard InChI is InChI=1S/C19H29N3O.HI/c1-5-12-8-7-9-13(6-2)15(12)21-18(20)22-16-14-10-11-23-17(14)19(16,3)4;/h7-9,14,16-17H,5-6,10-11H2,1-4H3,(H3,20,21,22);1H. The molecule has 1 aliphatic carbocycles. The van der Waals surface area contributed by atoms with E-state index in [1.165, 1.54) is 11.1 Å². The van der Waals surface area contributed by atoms with Gasteiger partial charge in [-0.05, 0) is 30.4 Å². The Morgan fingerprint density at radius 1 is 1.29 bits per heavy atom. The zero-order valence-electron chi connectivity index (χ0n) is 15.1. The summed E-state index contributed by atoms with van der Waals surface area (Å²) in [6.07, 6.45) is 3.41. The van der Waals surface area contributed by atoms with Gasteiger partial charge in [0.1, 0.15) is 0 Å². The molecule has 1 saturated heterocycles.